The number of nitrogens with zero attached hydrogens (tertiary/aromatic N) is 2. The number of aryl methyl sites for hydroxylation is 1. The van der Waals surface area contributed by atoms with Crippen LogP contribution in [0.3, 0.4) is 0 Å². The number of furan rings is 1. The number of fused-ring (bicyclic) bond motifs is 1. The number of benzene rings is 1. The van der Waals surface area contributed by atoms with Crippen LogP contribution in [0.4, 0.5) is 0 Å². The second-order valence-corrected chi connectivity index (χ2v) is 8.42. The Morgan fingerprint density at radius 2 is 2.14 bits per heavy atom. The monoisotopic (exact) mass is 425 g/mol. The van der Waals surface area contributed by atoms with E-state index in [4.69, 9.17) is 9.15 Å². The van der Waals surface area contributed by atoms with Gasteiger partial charge in [-0.1, -0.05) is 36.0 Å². The van der Waals surface area contributed by atoms with Gasteiger partial charge >= 0.3 is 0 Å². The van der Waals surface area contributed by atoms with Crippen molar-refractivity contribution in [2.45, 2.75) is 23.6 Å². The second kappa shape index (κ2) is 8.67. The number of thiazole rings is 1. The lowest BCUT2D eigenvalue weighted by molar-refractivity contribution is 0.0924. The third kappa shape index (κ3) is 4.44. The fourth-order valence-electron chi connectivity index (χ4n) is 2.86. The van der Waals surface area contributed by atoms with Crippen LogP contribution in [0, 0.1) is 6.92 Å². The standard InChI is InChI=1S/C21H19N3O3S2/c1-13-11-28-21(24-13)29-12-16-15-5-3-4-6-17(15)27-19(16)20(25)23-10-14-7-8-18(26-2)22-9-14/h3-9,11H,10,12H2,1-2H3,(H,23,25). The Balaban J connectivity index is 1.53. The molecule has 0 aliphatic carbocycles. The van der Waals surface area contributed by atoms with Crippen LogP contribution in [0.2, 0.25) is 0 Å². The topological polar surface area (TPSA) is 77.2 Å². The SMILES string of the molecule is COc1ccc(CNC(=O)c2oc3ccccc3c2CSc2nc(C)cs2)cn1. The molecule has 0 aliphatic heterocycles. The Hall–Kier alpha value is -2.84. The van der Waals surface area contributed by atoms with E-state index in [1.165, 1.54) is 0 Å². The van der Waals surface area contributed by atoms with Crippen molar-refractivity contribution in [3.63, 3.8) is 0 Å². The van der Waals surface area contributed by atoms with Crippen LogP contribution >= 0.6 is 23.1 Å². The molecule has 0 saturated heterocycles. The normalized spacial score (nSPS) is 11.0. The van der Waals surface area contributed by atoms with Crippen molar-refractivity contribution in [3.8, 4) is 5.88 Å². The van der Waals surface area contributed by atoms with Crippen LogP contribution < -0.4 is 10.1 Å². The number of pyridine rings is 1. The van der Waals surface area contributed by atoms with Crippen molar-refractivity contribution < 1.29 is 13.9 Å². The summed E-state index contributed by atoms with van der Waals surface area (Å²) >= 11 is 3.21. The number of methoxy groups -OCH3 is 1. The summed E-state index contributed by atoms with van der Waals surface area (Å²) in [6.45, 7) is 2.33. The van der Waals surface area contributed by atoms with Gasteiger partial charge in [-0.15, -0.1) is 11.3 Å². The van der Waals surface area contributed by atoms with E-state index in [0.29, 0.717) is 29.5 Å². The fraction of sp³-hybridized carbons (Fsp3) is 0.190. The molecule has 0 radical (unpaired) electrons. The summed E-state index contributed by atoms with van der Waals surface area (Å²) in [5.74, 6) is 1.24. The maximum absolute atomic E-state index is 12.9. The predicted octanol–water partition coefficient (Wildman–Crippen LogP) is 4.82. The number of nitrogens with one attached hydrogen (secondary N) is 1. The van der Waals surface area contributed by atoms with Gasteiger partial charge in [0.1, 0.15) is 9.92 Å². The van der Waals surface area contributed by atoms with Crippen molar-refractivity contribution in [1.82, 2.24) is 15.3 Å². The Morgan fingerprint density at radius 3 is 2.86 bits per heavy atom. The number of thioether (sulfide) groups is 1. The molecule has 0 unspecified atom stereocenters. The molecule has 3 heterocycles. The van der Waals surface area contributed by atoms with Crippen LogP contribution in [-0.2, 0) is 12.3 Å². The van der Waals surface area contributed by atoms with E-state index in [2.05, 4.69) is 15.3 Å². The number of rotatable bonds is 7. The number of aromatic nitrogens is 2. The van der Waals surface area contributed by atoms with Crippen molar-refractivity contribution in [1.29, 1.82) is 0 Å². The van der Waals surface area contributed by atoms with Gasteiger partial charge in [0, 0.05) is 46.6 Å². The molecule has 4 rings (SSSR count). The first kappa shape index (κ1) is 19.5. The molecule has 0 fully saturated rings. The molecule has 0 aliphatic rings. The summed E-state index contributed by atoms with van der Waals surface area (Å²) in [5, 5.41) is 5.89. The molecule has 1 amide bonds. The molecule has 148 valence electrons. The van der Waals surface area contributed by atoms with E-state index < -0.39 is 0 Å². The summed E-state index contributed by atoms with van der Waals surface area (Å²) in [6, 6.07) is 11.3. The zero-order chi connectivity index (χ0) is 20.2. The molecule has 1 aromatic carbocycles. The molecular weight excluding hydrogens is 406 g/mol. The first-order chi connectivity index (χ1) is 14.1. The Labute approximate surface area is 176 Å². The van der Waals surface area contributed by atoms with Gasteiger partial charge in [0.25, 0.3) is 5.91 Å². The molecular formula is C21H19N3O3S2. The number of hydrogen-bond donors (Lipinski definition) is 1. The molecule has 3 aromatic heterocycles. The van der Waals surface area contributed by atoms with E-state index >= 15 is 0 Å². The third-order valence-corrected chi connectivity index (χ3v) is 6.47. The van der Waals surface area contributed by atoms with Crippen LogP contribution in [0.15, 0.2) is 56.7 Å². The van der Waals surface area contributed by atoms with Crippen LogP contribution in [0.25, 0.3) is 11.0 Å². The van der Waals surface area contributed by atoms with Crippen molar-refractivity contribution >= 4 is 40.0 Å². The quantitative estimate of drug-likeness (QED) is 0.428. The highest BCUT2D eigenvalue weighted by Gasteiger charge is 2.21. The Kier molecular flexibility index (Phi) is 5.82. The number of amides is 1. The van der Waals surface area contributed by atoms with Crippen LogP contribution in [-0.4, -0.2) is 23.0 Å². The minimum absolute atomic E-state index is 0.247. The molecule has 1 N–H and O–H groups in total. The van der Waals surface area contributed by atoms with Gasteiger partial charge in [0.05, 0.1) is 7.11 Å². The van der Waals surface area contributed by atoms with E-state index in [9.17, 15) is 4.79 Å². The molecule has 0 bridgehead atoms. The lowest BCUT2D eigenvalue weighted by Crippen LogP contribution is -2.23. The zero-order valence-corrected chi connectivity index (χ0v) is 17.6. The largest absolute Gasteiger partial charge is 0.481 e. The second-order valence-electron chi connectivity index (χ2n) is 6.34. The minimum atomic E-state index is -0.247. The van der Waals surface area contributed by atoms with E-state index in [1.807, 2.05) is 42.6 Å². The van der Waals surface area contributed by atoms with Crippen LogP contribution in [0.5, 0.6) is 5.88 Å². The van der Waals surface area contributed by atoms with E-state index in [1.54, 1.807) is 42.5 Å². The third-order valence-electron chi connectivity index (χ3n) is 4.30. The molecule has 0 atom stereocenters. The Bertz CT molecular complexity index is 1140. The molecule has 8 heteroatoms. The first-order valence-corrected chi connectivity index (χ1v) is 10.8. The average molecular weight is 426 g/mol. The number of para-hydroxylation sites is 1. The number of carbonyl (C=O) groups is 1. The average Bonchev–Trinajstić information content (AvgIpc) is 3.34. The molecule has 6 nitrogen and oxygen atoms in total. The van der Waals surface area contributed by atoms with Gasteiger partial charge in [0.2, 0.25) is 5.88 Å². The predicted molar refractivity (Wildman–Crippen MR) is 115 cm³/mol. The summed E-state index contributed by atoms with van der Waals surface area (Å²) in [6.07, 6.45) is 1.68. The molecule has 29 heavy (non-hydrogen) atoms. The Morgan fingerprint density at radius 1 is 1.28 bits per heavy atom. The maximum atomic E-state index is 12.9. The summed E-state index contributed by atoms with van der Waals surface area (Å²) in [4.78, 5) is 21.5. The highest BCUT2D eigenvalue weighted by molar-refractivity contribution is 8.00. The smallest absolute Gasteiger partial charge is 0.287 e. The highest BCUT2D eigenvalue weighted by Crippen LogP contribution is 2.33. The fourth-order valence-corrected chi connectivity index (χ4v) is 4.73. The summed E-state index contributed by atoms with van der Waals surface area (Å²) in [7, 11) is 1.57. The number of ether oxygens (including phenoxy) is 1. The molecule has 0 spiro atoms. The minimum Gasteiger partial charge on any atom is -0.481 e. The number of hydrogen-bond acceptors (Lipinski definition) is 7. The van der Waals surface area contributed by atoms with Gasteiger partial charge in [0.15, 0.2) is 5.76 Å². The number of carbonyl (C=O) groups excluding carboxylic acids is 1. The van der Waals surface area contributed by atoms with Gasteiger partial charge in [-0.3, -0.25) is 4.79 Å². The van der Waals surface area contributed by atoms with Crippen molar-refractivity contribution in [3.05, 3.63) is 70.6 Å². The van der Waals surface area contributed by atoms with Gasteiger partial charge < -0.3 is 14.5 Å². The van der Waals surface area contributed by atoms with E-state index in [-0.39, 0.29) is 5.91 Å². The van der Waals surface area contributed by atoms with Crippen molar-refractivity contribution in [2.75, 3.05) is 7.11 Å². The summed E-state index contributed by atoms with van der Waals surface area (Å²) < 4.78 is 11.9. The van der Waals surface area contributed by atoms with E-state index in [0.717, 1.165) is 26.5 Å². The summed E-state index contributed by atoms with van der Waals surface area (Å²) in [5.41, 5.74) is 3.46. The lowest BCUT2D eigenvalue weighted by Gasteiger charge is -2.06. The highest BCUT2D eigenvalue weighted by atomic mass is 32.2. The molecule has 4 aromatic rings. The van der Waals surface area contributed by atoms with Gasteiger partial charge in [-0.25, -0.2) is 9.97 Å². The van der Waals surface area contributed by atoms with Gasteiger partial charge in [-0.05, 0) is 18.6 Å². The maximum Gasteiger partial charge on any atom is 0.287 e. The van der Waals surface area contributed by atoms with Gasteiger partial charge in [-0.2, -0.15) is 0 Å². The molecule has 0 saturated carbocycles. The van der Waals surface area contributed by atoms with Crippen LogP contribution in [0.1, 0.15) is 27.4 Å². The zero-order valence-electron chi connectivity index (χ0n) is 16.0. The first-order valence-electron chi connectivity index (χ1n) is 8.96. The lowest BCUT2D eigenvalue weighted by atomic mass is 10.1. The van der Waals surface area contributed by atoms with Crippen molar-refractivity contribution in [2.24, 2.45) is 0 Å².